The zero-order valence-electron chi connectivity index (χ0n) is 35.6. The maximum Gasteiger partial charge on any atom is 0.336 e. The second kappa shape index (κ2) is 22.4. The highest BCUT2D eigenvalue weighted by atomic mass is 16.6. The van der Waals surface area contributed by atoms with Gasteiger partial charge in [-0.15, -0.1) is 0 Å². The second-order valence-electron chi connectivity index (χ2n) is 17.0. The van der Waals surface area contributed by atoms with Crippen molar-refractivity contribution in [1.29, 1.82) is 0 Å². The molecule has 0 bridgehead atoms. The topological polar surface area (TPSA) is 279 Å². The SMILES string of the molecule is Cc1cc(C(=O)NC[C@@H](O)[C@@H](O)[C@@H]2O[C@@](C/C=C/c3cccc(CNC(=O)CC4CCOCC4)c3)(C(=O)O)C[C@H](O)C2NC(=O)CN(N)/C=C(\N)C2CCCCC2)cc(C)c1O. The summed E-state index contributed by atoms with van der Waals surface area (Å²) in [5, 5.41) is 64.4. The normalized spacial score (nSPS) is 23.6. The van der Waals surface area contributed by atoms with Crippen LogP contribution in [0.15, 0.2) is 54.4 Å². The van der Waals surface area contributed by atoms with Gasteiger partial charge in [0.2, 0.25) is 11.8 Å². The van der Waals surface area contributed by atoms with Crippen LogP contribution in [-0.4, -0.2) is 117 Å². The van der Waals surface area contributed by atoms with Gasteiger partial charge in [0.1, 0.15) is 24.5 Å². The van der Waals surface area contributed by atoms with E-state index in [9.17, 15) is 44.7 Å². The molecule has 0 spiro atoms. The monoisotopic (exact) mass is 864 g/mol. The number of carboxylic acid groups (broad SMARTS) is 1. The summed E-state index contributed by atoms with van der Waals surface area (Å²) in [6, 6.07) is 8.81. The minimum atomic E-state index is -2.13. The molecular formula is C45H64N6O11. The van der Waals surface area contributed by atoms with Crippen LogP contribution in [0.5, 0.6) is 5.75 Å². The van der Waals surface area contributed by atoms with Crippen molar-refractivity contribution in [1.82, 2.24) is 21.0 Å². The Labute approximate surface area is 362 Å². The lowest BCUT2D eigenvalue weighted by Crippen LogP contribution is -2.68. The number of nitrogens with one attached hydrogen (secondary N) is 3. The third-order valence-electron chi connectivity index (χ3n) is 12.1. The molecule has 12 N–H and O–H groups in total. The molecule has 1 unspecified atom stereocenters. The second-order valence-corrected chi connectivity index (χ2v) is 17.0. The van der Waals surface area contributed by atoms with Crippen LogP contribution in [0.1, 0.15) is 96.8 Å². The Bertz CT molecular complexity index is 1910. The van der Waals surface area contributed by atoms with Crippen molar-refractivity contribution in [2.24, 2.45) is 23.4 Å². The standard InChI is InChI=1S/C45H64N6O11/c1-27-18-33(19-28(2)40(27)56)43(58)49-24-36(53)41(57)42-39(50-38(55)26-51(47)25-34(46)32-11-4-3-5-12-32)35(52)22-45(62-42,44(59)60)15-7-10-29-8-6-9-31(20-29)23-48-37(54)21-30-13-16-61-17-14-30/h6-10,18-20,25,30,32,35-36,39,41-42,52-53,56-57H,3-5,11-17,21-24,26,46-47H2,1-2H3,(H,48,54)(H,49,58)(H,50,55)(H,59,60)/b10-7+,34-25-/t35-,36+,39?,41+,42+,45+/m0/s1. The highest BCUT2D eigenvalue weighted by Crippen LogP contribution is 2.36. The largest absolute Gasteiger partial charge is 0.507 e. The van der Waals surface area contributed by atoms with E-state index in [1.54, 1.807) is 38.1 Å². The van der Waals surface area contributed by atoms with E-state index in [-0.39, 0.29) is 35.5 Å². The molecule has 2 aromatic carbocycles. The number of ether oxygens (including phenoxy) is 2. The summed E-state index contributed by atoms with van der Waals surface area (Å²) in [6.07, 6.45) is 4.09. The number of carbonyl (C=O) groups is 4. The molecule has 17 nitrogen and oxygen atoms in total. The molecule has 3 aliphatic rings. The molecule has 3 amide bonds. The molecule has 0 radical (unpaired) electrons. The maximum absolute atomic E-state index is 13.4. The summed E-state index contributed by atoms with van der Waals surface area (Å²) in [6.45, 7) is 3.94. The number of nitrogens with zero attached hydrogens (tertiary/aromatic N) is 1. The van der Waals surface area contributed by atoms with Crippen molar-refractivity contribution < 1.29 is 54.2 Å². The van der Waals surface area contributed by atoms with Crippen molar-refractivity contribution in [2.75, 3.05) is 26.3 Å². The van der Waals surface area contributed by atoms with Gasteiger partial charge in [-0.1, -0.05) is 49.6 Å². The van der Waals surface area contributed by atoms with Gasteiger partial charge in [0, 0.05) is 63.0 Å². The zero-order valence-corrected chi connectivity index (χ0v) is 35.6. The van der Waals surface area contributed by atoms with Crippen LogP contribution < -0.4 is 27.5 Å². The van der Waals surface area contributed by atoms with Crippen LogP contribution in [0.2, 0.25) is 0 Å². The Balaban J connectivity index is 1.29. The Morgan fingerprint density at radius 2 is 1.68 bits per heavy atom. The van der Waals surface area contributed by atoms with Gasteiger partial charge in [0.25, 0.3) is 5.91 Å². The first-order valence-electron chi connectivity index (χ1n) is 21.5. The number of benzene rings is 2. The summed E-state index contributed by atoms with van der Waals surface area (Å²) in [5.74, 6) is 3.77. The number of phenolic OH excluding ortho intramolecular Hbond substituents is 1. The first-order chi connectivity index (χ1) is 29.5. The Morgan fingerprint density at radius 1 is 0.984 bits per heavy atom. The number of hydrogen-bond acceptors (Lipinski definition) is 13. The number of hydrogen-bond donors (Lipinski definition) is 10. The van der Waals surface area contributed by atoms with Crippen molar-refractivity contribution >= 4 is 29.8 Å². The number of amides is 3. The number of phenols is 1. The fraction of sp³-hybridized carbons (Fsp3) is 0.556. The van der Waals surface area contributed by atoms with E-state index in [2.05, 4.69) is 16.0 Å². The van der Waals surface area contributed by atoms with Gasteiger partial charge in [-0.3, -0.25) is 14.4 Å². The molecule has 1 aliphatic carbocycles. The van der Waals surface area contributed by atoms with Gasteiger partial charge in [-0.05, 0) is 91.8 Å². The molecule has 62 heavy (non-hydrogen) atoms. The zero-order chi connectivity index (χ0) is 45.0. The number of carboxylic acids is 1. The molecule has 6 atom stereocenters. The smallest absolute Gasteiger partial charge is 0.336 e. The van der Waals surface area contributed by atoms with Gasteiger partial charge >= 0.3 is 5.97 Å². The number of aliphatic carboxylic acids is 1. The van der Waals surface area contributed by atoms with E-state index in [0.29, 0.717) is 48.6 Å². The number of aliphatic hydroxyl groups excluding tert-OH is 3. The molecule has 2 aliphatic heterocycles. The number of aryl methyl sites for hydroxylation is 2. The minimum Gasteiger partial charge on any atom is -0.507 e. The Morgan fingerprint density at radius 3 is 2.35 bits per heavy atom. The molecule has 3 fully saturated rings. The van der Waals surface area contributed by atoms with Gasteiger partial charge in [0.05, 0.1) is 18.2 Å². The molecule has 5 rings (SSSR count). The van der Waals surface area contributed by atoms with E-state index < -0.39 is 73.4 Å². The van der Waals surface area contributed by atoms with Gasteiger partial charge < -0.3 is 61.7 Å². The first kappa shape index (κ1) is 48.0. The summed E-state index contributed by atoms with van der Waals surface area (Å²) >= 11 is 0. The Hall–Kier alpha value is -5.04. The van der Waals surface area contributed by atoms with Crippen molar-refractivity contribution in [2.45, 2.75) is 121 Å². The van der Waals surface area contributed by atoms with Crippen LogP contribution in [-0.2, 0) is 30.4 Å². The number of nitrogens with two attached hydrogens (primary N) is 2. The van der Waals surface area contributed by atoms with Crippen LogP contribution in [0.3, 0.4) is 0 Å². The average Bonchev–Trinajstić information content (AvgIpc) is 3.24. The number of rotatable bonds is 18. The number of aromatic hydroxyl groups is 1. The minimum absolute atomic E-state index is 0.0341. The van der Waals surface area contributed by atoms with E-state index >= 15 is 0 Å². The summed E-state index contributed by atoms with van der Waals surface area (Å²) < 4.78 is 11.5. The van der Waals surface area contributed by atoms with E-state index in [0.717, 1.165) is 55.5 Å². The number of allylic oxidation sites excluding steroid dienone is 1. The van der Waals surface area contributed by atoms with Crippen LogP contribution in [0, 0.1) is 25.7 Å². The molecule has 2 heterocycles. The molecule has 340 valence electrons. The predicted octanol–water partition coefficient (Wildman–Crippen LogP) is 2.01. The van der Waals surface area contributed by atoms with Gasteiger partial charge in [-0.25, -0.2) is 10.6 Å². The van der Waals surface area contributed by atoms with Crippen molar-refractivity contribution in [3.8, 4) is 5.75 Å². The third kappa shape index (κ3) is 13.2. The lowest BCUT2D eigenvalue weighted by Gasteiger charge is -2.47. The Kier molecular flexibility index (Phi) is 17.3. The summed E-state index contributed by atoms with van der Waals surface area (Å²) in [5.41, 5.74) is 7.34. The van der Waals surface area contributed by atoms with Gasteiger partial charge in [-0.2, -0.15) is 0 Å². The fourth-order valence-electron chi connectivity index (χ4n) is 8.46. The number of hydrazine groups is 1. The van der Waals surface area contributed by atoms with E-state index in [1.807, 2.05) is 12.1 Å². The predicted molar refractivity (Wildman–Crippen MR) is 230 cm³/mol. The van der Waals surface area contributed by atoms with Crippen molar-refractivity contribution in [3.05, 3.63) is 82.2 Å². The lowest BCUT2D eigenvalue weighted by molar-refractivity contribution is -0.226. The summed E-state index contributed by atoms with van der Waals surface area (Å²) in [4.78, 5) is 52.1. The number of carbonyl (C=O) groups excluding carboxylic acids is 3. The van der Waals surface area contributed by atoms with E-state index in [1.165, 1.54) is 18.3 Å². The lowest BCUT2D eigenvalue weighted by atomic mass is 9.81. The molecular weight excluding hydrogens is 801 g/mol. The summed E-state index contributed by atoms with van der Waals surface area (Å²) in [7, 11) is 0. The fourth-order valence-corrected chi connectivity index (χ4v) is 8.46. The number of aliphatic hydroxyl groups is 3. The highest BCUT2D eigenvalue weighted by molar-refractivity contribution is 5.95. The molecule has 1 saturated carbocycles. The van der Waals surface area contributed by atoms with Crippen molar-refractivity contribution in [3.63, 3.8) is 0 Å². The molecule has 17 heteroatoms. The molecule has 2 saturated heterocycles. The average molecular weight is 865 g/mol. The van der Waals surface area contributed by atoms with Crippen LogP contribution >= 0.6 is 0 Å². The van der Waals surface area contributed by atoms with Crippen LogP contribution in [0.25, 0.3) is 6.08 Å². The first-order valence-corrected chi connectivity index (χ1v) is 21.5. The molecule has 2 aromatic rings. The van der Waals surface area contributed by atoms with Gasteiger partial charge in [0.15, 0.2) is 5.60 Å². The molecule has 0 aromatic heterocycles. The van der Waals surface area contributed by atoms with E-state index in [4.69, 9.17) is 21.1 Å². The third-order valence-corrected chi connectivity index (χ3v) is 12.1. The quantitative estimate of drug-likeness (QED) is 0.0759. The maximum atomic E-state index is 13.4. The highest BCUT2D eigenvalue weighted by Gasteiger charge is 2.54. The van der Waals surface area contributed by atoms with Crippen LogP contribution in [0.4, 0.5) is 0 Å².